The van der Waals surface area contributed by atoms with Gasteiger partial charge in [0.05, 0.1) is 7.11 Å². The van der Waals surface area contributed by atoms with Crippen LogP contribution in [0.15, 0.2) is 54.6 Å². The van der Waals surface area contributed by atoms with Crippen molar-refractivity contribution in [2.75, 3.05) is 13.0 Å². The molecule has 1 fully saturated rings. The van der Waals surface area contributed by atoms with E-state index in [1.807, 2.05) is 6.07 Å². The Morgan fingerprint density at radius 1 is 1.14 bits per heavy atom. The van der Waals surface area contributed by atoms with Crippen LogP contribution in [0.25, 0.3) is 0 Å². The quantitative estimate of drug-likeness (QED) is 0.690. The van der Waals surface area contributed by atoms with Gasteiger partial charge in [0.2, 0.25) is 0 Å². The molecule has 2 aromatic carbocycles. The van der Waals surface area contributed by atoms with Gasteiger partial charge in [0.15, 0.2) is 0 Å². The van der Waals surface area contributed by atoms with Gasteiger partial charge in [-0.25, -0.2) is 0 Å². The molecule has 0 aromatic heterocycles. The highest BCUT2D eigenvalue weighted by Crippen LogP contribution is 2.52. The number of rotatable bonds is 6. The van der Waals surface area contributed by atoms with Crippen LogP contribution in [0.5, 0.6) is 5.75 Å². The van der Waals surface area contributed by atoms with Crippen molar-refractivity contribution in [1.29, 1.82) is 0 Å². The lowest BCUT2D eigenvalue weighted by Gasteiger charge is -2.14. The summed E-state index contributed by atoms with van der Waals surface area (Å²) in [5.41, 5.74) is 2.78. The van der Waals surface area contributed by atoms with E-state index < -0.39 is 0 Å². The van der Waals surface area contributed by atoms with E-state index >= 15 is 0 Å². The van der Waals surface area contributed by atoms with Gasteiger partial charge >= 0.3 is 0 Å². The molecule has 0 saturated heterocycles. The summed E-state index contributed by atoms with van der Waals surface area (Å²) < 4.78 is 5.30. The maximum absolute atomic E-state index is 6.25. The van der Waals surface area contributed by atoms with Crippen LogP contribution in [0, 0.1) is 11.8 Å². The fourth-order valence-electron chi connectivity index (χ4n) is 3.24. The normalized spacial score (nSPS) is 21.8. The number of halogens is 1. The Labute approximate surface area is 131 Å². The van der Waals surface area contributed by atoms with Crippen molar-refractivity contribution in [3.8, 4) is 5.75 Å². The van der Waals surface area contributed by atoms with Crippen LogP contribution in [0.1, 0.15) is 23.5 Å². The molecule has 0 N–H and O–H groups in total. The zero-order valence-electron chi connectivity index (χ0n) is 12.3. The van der Waals surface area contributed by atoms with Gasteiger partial charge in [-0.1, -0.05) is 42.5 Å². The first-order chi connectivity index (χ1) is 10.3. The van der Waals surface area contributed by atoms with E-state index in [1.54, 1.807) is 7.11 Å². The van der Waals surface area contributed by atoms with E-state index in [-0.39, 0.29) is 0 Å². The van der Waals surface area contributed by atoms with Crippen LogP contribution >= 0.6 is 11.6 Å². The first kappa shape index (κ1) is 14.5. The zero-order valence-corrected chi connectivity index (χ0v) is 13.1. The molecule has 0 radical (unpaired) electrons. The molecule has 110 valence electrons. The minimum Gasteiger partial charge on any atom is -0.497 e. The summed E-state index contributed by atoms with van der Waals surface area (Å²) >= 11 is 6.25. The van der Waals surface area contributed by atoms with Gasteiger partial charge in [-0.05, 0) is 53.9 Å². The smallest absolute Gasteiger partial charge is 0.119 e. The second-order valence-electron chi connectivity index (χ2n) is 5.89. The SMILES string of the molecule is COc1cccc(CC(CCl)C2CC2c2ccccc2)c1. The zero-order chi connectivity index (χ0) is 14.7. The molecule has 1 saturated carbocycles. The number of hydrogen-bond acceptors (Lipinski definition) is 1. The van der Waals surface area contributed by atoms with Crippen LogP contribution < -0.4 is 4.74 Å². The monoisotopic (exact) mass is 300 g/mol. The van der Waals surface area contributed by atoms with E-state index in [0.29, 0.717) is 11.8 Å². The molecular weight excluding hydrogens is 280 g/mol. The van der Waals surface area contributed by atoms with E-state index in [2.05, 4.69) is 48.5 Å². The minimum atomic E-state index is 0.545. The molecule has 2 aromatic rings. The van der Waals surface area contributed by atoms with Gasteiger partial charge in [-0.3, -0.25) is 0 Å². The summed E-state index contributed by atoms with van der Waals surface area (Å²) in [4.78, 5) is 0. The van der Waals surface area contributed by atoms with Crippen LogP contribution in [-0.4, -0.2) is 13.0 Å². The molecule has 1 aliphatic carbocycles. The van der Waals surface area contributed by atoms with Crippen molar-refractivity contribution < 1.29 is 4.74 Å². The molecule has 3 rings (SSSR count). The second kappa shape index (κ2) is 6.53. The molecular formula is C19H21ClO. The first-order valence-corrected chi connectivity index (χ1v) is 8.09. The van der Waals surface area contributed by atoms with Gasteiger partial charge in [0, 0.05) is 5.88 Å². The Hall–Kier alpha value is -1.47. The Bertz CT molecular complexity index is 581. The molecule has 2 heteroatoms. The van der Waals surface area contributed by atoms with E-state index in [0.717, 1.165) is 24.0 Å². The summed E-state index contributed by atoms with van der Waals surface area (Å²) in [5, 5.41) is 0. The fraction of sp³-hybridized carbons (Fsp3) is 0.368. The molecule has 0 heterocycles. The molecule has 0 amide bonds. The third-order valence-corrected chi connectivity index (χ3v) is 4.90. The lowest BCUT2D eigenvalue weighted by molar-refractivity contribution is 0.413. The highest BCUT2D eigenvalue weighted by Gasteiger charge is 2.43. The Morgan fingerprint density at radius 3 is 2.67 bits per heavy atom. The average molecular weight is 301 g/mol. The van der Waals surface area contributed by atoms with Crippen LogP contribution in [-0.2, 0) is 6.42 Å². The number of methoxy groups -OCH3 is 1. The molecule has 0 spiro atoms. The van der Waals surface area contributed by atoms with Crippen LogP contribution in [0.3, 0.4) is 0 Å². The topological polar surface area (TPSA) is 9.23 Å². The predicted octanol–water partition coefficient (Wildman–Crippen LogP) is 4.90. The summed E-state index contributed by atoms with van der Waals surface area (Å²) in [7, 11) is 1.71. The molecule has 0 bridgehead atoms. The number of ether oxygens (including phenoxy) is 1. The summed E-state index contributed by atoms with van der Waals surface area (Å²) in [6, 6.07) is 19.1. The fourth-order valence-corrected chi connectivity index (χ4v) is 3.58. The van der Waals surface area contributed by atoms with Gasteiger partial charge in [0.1, 0.15) is 5.75 Å². The largest absolute Gasteiger partial charge is 0.497 e. The standard InChI is InChI=1S/C19H21ClO/c1-21-17-9-5-6-14(11-17)10-16(13-20)19-12-18(19)15-7-3-2-4-8-15/h2-9,11,16,18-19H,10,12-13H2,1H3. The second-order valence-corrected chi connectivity index (χ2v) is 6.20. The average Bonchev–Trinajstić information content (AvgIpc) is 3.34. The lowest BCUT2D eigenvalue weighted by Crippen LogP contribution is -2.10. The molecule has 21 heavy (non-hydrogen) atoms. The van der Waals surface area contributed by atoms with Crippen LogP contribution in [0.2, 0.25) is 0 Å². The van der Waals surface area contributed by atoms with Crippen molar-refractivity contribution >= 4 is 11.6 Å². The molecule has 3 atom stereocenters. The third kappa shape index (κ3) is 3.41. The van der Waals surface area contributed by atoms with Gasteiger partial charge < -0.3 is 4.74 Å². The predicted molar refractivity (Wildman–Crippen MR) is 88.2 cm³/mol. The molecule has 1 aliphatic rings. The van der Waals surface area contributed by atoms with Crippen LogP contribution in [0.4, 0.5) is 0 Å². The van der Waals surface area contributed by atoms with Gasteiger partial charge in [0.25, 0.3) is 0 Å². The number of hydrogen-bond donors (Lipinski definition) is 0. The van der Waals surface area contributed by atoms with Gasteiger partial charge in [-0.2, -0.15) is 0 Å². The Morgan fingerprint density at radius 2 is 1.95 bits per heavy atom. The first-order valence-electron chi connectivity index (χ1n) is 7.55. The van der Waals surface area contributed by atoms with E-state index in [4.69, 9.17) is 16.3 Å². The number of alkyl halides is 1. The van der Waals surface area contributed by atoms with Crippen molar-refractivity contribution in [3.05, 3.63) is 65.7 Å². The number of benzene rings is 2. The lowest BCUT2D eigenvalue weighted by atomic mass is 9.94. The highest BCUT2D eigenvalue weighted by atomic mass is 35.5. The van der Waals surface area contributed by atoms with Crippen molar-refractivity contribution in [2.24, 2.45) is 11.8 Å². The van der Waals surface area contributed by atoms with E-state index in [1.165, 1.54) is 17.5 Å². The Balaban J connectivity index is 1.66. The molecule has 1 nitrogen and oxygen atoms in total. The molecule has 3 unspecified atom stereocenters. The third-order valence-electron chi connectivity index (χ3n) is 4.50. The van der Waals surface area contributed by atoms with Crippen molar-refractivity contribution in [3.63, 3.8) is 0 Å². The molecule has 0 aliphatic heterocycles. The van der Waals surface area contributed by atoms with E-state index in [9.17, 15) is 0 Å². The van der Waals surface area contributed by atoms with Crippen molar-refractivity contribution in [1.82, 2.24) is 0 Å². The van der Waals surface area contributed by atoms with Crippen molar-refractivity contribution in [2.45, 2.75) is 18.8 Å². The Kier molecular flexibility index (Phi) is 4.50. The van der Waals surface area contributed by atoms with Gasteiger partial charge in [-0.15, -0.1) is 11.6 Å². The summed E-state index contributed by atoms with van der Waals surface area (Å²) in [6.45, 7) is 0. The minimum absolute atomic E-state index is 0.545. The maximum Gasteiger partial charge on any atom is 0.119 e. The summed E-state index contributed by atoms with van der Waals surface area (Å²) in [6.07, 6.45) is 2.31. The summed E-state index contributed by atoms with van der Waals surface area (Å²) in [5.74, 6) is 3.61. The maximum atomic E-state index is 6.25. The highest BCUT2D eigenvalue weighted by molar-refractivity contribution is 6.18.